The molecule has 2 atom stereocenters. The Labute approximate surface area is 181 Å². The van der Waals surface area contributed by atoms with Gasteiger partial charge < -0.3 is 14.2 Å². The third-order valence-electron chi connectivity index (χ3n) is 5.35. The molecule has 1 aliphatic heterocycles. The standard InChI is InChI=1S/C25H29F3O3/c1-3-5-6-14-29-18-8-9-20(22(26)15-18)21-11-10-19(24(27)25(21)28)17-7-12-23(31-16-17)30-13-4-2/h3,8-11,15,17,23H,1,4-7,12-14,16H2,2H3. The highest BCUT2D eigenvalue weighted by molar-refractivity contribution is 5.66. The van der Waals surface area contributed by atoms with E-state index in [0.29, 0.717) is 31.8 Å². The largest absolute Gasteiger partial charge is 0.493 e. The van der Waals surface area contributed by atoms with Crippen LogP contribution >= 0.6 is 0 Å². The predicted octanol–water partition coefficient (Wildman–Crippen LogP) is 6.76. The first-order chi connectivity index (χ1) is 15.0. The van der Waals surface area contributed by atoms with Gasteiger partial charge in [-0.1, -0.05) is 25.1 Å². The molecule has 1 fully saturated rings. The van der Waals surface area contributed by atoms with Crippen LogP contribution in [-0.2, 0) is 9.47 Å². The highest BCUT2D eigenvalue weighted by Gasteiger charge is 2.27. The molecule has 0 saturated carbocycles. The van der Waals surface area contributed by atoms with Gasteiger partial charge in [0.15, 0.2) is 17.9 Å². The first-order valence-electron chi connectivity index (χ1n) is 10.8. The van der Waals surface area contributed by atoms with Gasteiger partial charge in [-0.3, -0.25) is 0 Å². The van der Waals surface area contributed by atoms with Gasteiger partial charge in [0.25, 0.3) is 0 Å². The summed E-state index contributed by atoms with van der Waals surface area (Å²) in [6.07, 6.45) is 5.21. The highest BCUT2D eigenvalue weighted by Crippen LogP contribution is 2.35. The molecule has 0 aliphatic carbocycles. The Balaban J connectivity index is 1.71. The Bertz CT molecular complexity index is 877. The maximum absolute atomic E-state index is 14.9. The lowest BCUT2D eigenvalue weighted by Gasteiger charge is -2.29. The Morgan fingerprint density at radius 2 is 1.87 bits per heavy atom. The van der Waals surface area contributed by atoms with Crippen LogP contribution in [0.15, 0.2) is 43.0 Å². The lowest BCUT2D eigenvalue weighted by molar-refractivity contribution is -0.167. The van der Waals surface area contributed by atoms with Gasteiger partial charge in [0.1, 0.15) is 11.6 Å². The number of unbranched alkanes of at least 4 members (excludes halogenated alkanes) is 1. The van der Waals surface area contributed by atoms with Crippen LogP contribution in [0.25, 0.3) is 11.1 Å². The molecule has 0 N–H and O–H groups in total. The molecule has 0 amide bonds. The summed E-state index contributed by atoms with van der Waals surface area (Å²) in [4.78, 5) is 0. The van der Waals surface area contributed by atoms with E-state index >= 15 is 0 Å². The Kier molecular flexibility index (Phi) is 8.55. The lowest BCUT2D eigenvalue weighted by atomic mass is 9.90. The summed E-state index contributed by atoms with van der Waals surface area (Å²) >= 11 is 0. The molecule has 168 valence electrons. The molecular formula is C25H29F3O3. The van der Waals surface area contributed by atoms with E-state index in [4.69, 9.17) is 14.2 Å². The lowest BCUT2D eigenvalue weighted by Crippen LogP contribution is -2.28. The number of halogens is 3. The molecule has 1 aliphatic rings. The van der Waals surface area contributed by atoms with E-state index in [-0.39, 0.29) is 35.5 Å². The van der Waals surface area contributed by atoms with Crippen molar-refractivity contribution in [3.8, 4) is 16.9 Å². The Morgan fingerprint density at radius 1 is 1.06 bits per heavy atom. The molecule has 0 radical (unpaired) electrons. The van der Waals surface area contributed by atoms with Crippen molar-refractivity contribution < 1.29 is 27.4 Å². The summed E-state index contributed by atoms with van der Waals surface area (Å²) in [6, 6.07) is 7.11. The van der Waals surface area contributed by atoms with Gasteiger partial charge in [-0.15, -0.1) is 6.58 Å². The maximum Gasteiger partial charge on any atom is 0.167 e. The van der Waals surface area contributed by atoms with Gasteiger partial charge in [-0.05, 0) is 49.8 Å². The second kappa shape index (κ2) is 11.3. The molecule has 0 bridgehead atoms. The minimum atomic E-state index is -1.06. The van der Waals surface area contributed by atoms with Crippen LogP contribution in [0.1, 0.15) is 50.5 Å². The van der Waals surface area contributed by atoms with E-state index in [1.165, 1.54) is 24.3 Å². The molecule has 0 spiro atoms. The number of ether oxygens (including phenoxy) is 3. The molecule has 2 aromatic carbocycles. The first kappa shape index (κ1) is 23.4. The van der Waals surface area contributed by atoms with Gasteiger partial charge in [0.2, 0.25) is 0 Å². The normalized spacial score (nSPS) is 18.7. The van der Waals surface area contributed by atoms with Crippen LogP contribution in [-0.4, -0.2) is 26.1 Å². The Hall–Kier alpha value is -2.31. The van der Waals surface area contributed by atoms with Crippen LogP contribution in [0.2, 0.25) is 0 Å². The molecule has 31 heavy (non-hydrogen) atoms. The zero-order valence-corrected chi connectivity index (χ0v) is 17.8. The fourth-order valence-corrected chi connectivity index (χ4v) is 3.66. The van der Waals surface area contributed by atoms with E-state index in [1.807, 2.05) is 6.92 Å². The molecule has 3 rings (SSSR count). The first-order valence-corrected chi connectivity index (χ1v) is 10.8. The number of benzene rings is 2. The van der Waals surface area contributed by atoms with Gasteiger partial charge in [0, 0.05) is 29.7 Å². The summed E-state index contributed by atoms with van der Waals surface area (Å²) < 4.78 is 61.0. The summed E-state index contributed by atoms with van der Waals surface area (Å²) in [6.45, 7) is 6.94. The highest BCUT2D eigenvalue weighted by atomic mass is 19.2. The molecule has 1 saturated heterocycles. The number of hydrogen-bond acceptors (Lipinski definition) is 3. The minimum Gasteiger partial charge on any atom is -0.493 e. The summed E-state index contributed by atoms with van der Waals surface area (Å²) in [5, 5.41) is 0. The van der Waals surface area contributed by atoms with Gasteiger partial charge in [0.05, 0.1) is 13.2 Å². The number of rotatable bonds is 10. The van der Waals surface area contributed by atoms with Crippen LogP contribution in [0, 0.1) is 17.5 Å². The molecule has 0 aromatic heterocycles. The van der Waals surface area contributed by atoms with Crippen molar-refractivity contribution in [3.05, 3.63) is 66.0 Å². The van der Waals surface area contributed by atoms with Crippen LogP contribution in [0.5, 0.6) is 5.75 Å². The van der Waals surface area contributed by atoms with Gasteiger partial charge in [-0.25, -0.2) is 13.2 Å². The number of hydrogen-bond donors (Lipinski definition) is 0. The maximum atomic E-state index is 14.9. The summed E-state index contributed by atoms with van der Waals surface area (Å²) in [5.74, 6) is -2.59. The molecule has 2 aromatic rings. The molecular weight excluding hydrogens is 405 g/mol. The molecule has 3 nitrogen and oxygen atoms in total. The van der Waals surface area contributed by atoms with Crippen molar-refractivity contribution in [2.75, 3.05) is 19.8 Å². The third-order valence-corrected chi connectivity index (χ3v) is 5.35. The number of allylic oxidation sites excluding steroid dienone is 1. The van der Waals surface area contributed by atoms with Crippen LogP contribution < -0.4 is 4.74 Å². The second-order valence-electron chi connectivity index (χ2n) is 7.66. The van der Waals surface area contributed by atoms with Crippen molar-refractivity contribution in [2.24, 2.45) is 0 Å². The minimum absolute atomic E-state index is 0.00526. The smallest absolute Gasteiger partial charge is 0.167 e. The quantitative estimate of drug-likeness (QED) is 0.305. The summed E-state index contributed by atoms with van der Waals surface area (Å²) in [5.41, 5.74) is 0.130. The van der Waals surface area contributed by atoms with Crippen LogP contribution in [0.3, 0.4) is 0 Å². The topological polar surface area (TPSA) is 27.7 Å². The fourth-order valence-electron chi connectivity index (χ4n) is 3.66. The van der Waals surface area contributed by atoms with Crippen molar-refractivity contribution in [1.29, 1.82) is 0 Å². The van der Waals surface area contributed by atoms with Crippen molar-refractivity contribution in [1.82, 2.24) is 0 Å². The van der Waals surface area contributed by atoms with E-state index in [0.717, 1.165) is 19.3 Å². The third kappa shape index (κ3) is 5.89. The van der Waals surface area contributed by atoms with E-state index in [2.05, 4.69) is 6.58 Å². The Morgan fingerprint density at radius 3 is 2.55 bits per heavy atom. The zero-order valence-electron chi connectivity index (χ0n) is 17.8. The zero-order chi connectivity index (χ0) is 22.2. The second-order valence-corrected chi connectivity index (χ2v) is 7.66. The average molecular weight is 434 g/mol. The summed E-state index contributed by atoms with van der Waals surface area (Å²) in [7, 11) is 0. The van der Waals surface area contributed by atoms with E-state index < -0.39 is 17.5 Å². The fraction of sp³-hybridized carbons (Fsp3) is 0.440. The molecule has 1 heterocycles. The SMILES string of the molecule is C=CCCCOc1ccc(-c2ccc(C3CCC(OCCC)OC3)c(F)c2F)c(F)c1. The molecule has 2 unspecified atom stereocenters. The van der Waals surface area contributed by atoms with Crippen LogP contribution in [0.4, 0.5) is 13.2 Å². The van der Waals surface area contributed by atoms with Crippen molar-refractivity contribution >= 4 is 0 Å². The van der Waals surface area contributed by atoms with Gasteiger partial charge in [-0.2, -0.15) is 0 Å². The average Bonchev–Trinajstić information content (AvgIpc) is 2.78. The monoisotopic (exact) mass is 434 g/mol. The molecule has 6 heteroatoms. The van der Waals surface area contributed by atoms with Crippen molar-refractivity contribution in [2.45, 2.75) is 51.2 Å². The van der Waals surface area contributed by atoms with E-state index in [1.54, 1.807) is 12.1 Å². The van der Waals surface area contributed by atoms with Crippen molar-refractivity contribution in [3.63, 3.8) is 0 Å². The van der Waals surface area contributed by atoms with E-state index in [9.17, 15) is 13.2 Å². The van der Waals surface area contributed by atoms with Gasteiger partial charge >= 0.3 is 0 Å². The predicted molar refractivity (Wildman–Crippen MR) is 115 cm³/mol.